The summed E-state index contributed by atoms with van der Waals surface area (Å²) in [5.41, 5.74) is 1.92. The summed E-state index contributed by atoms with van der Waals surface area (Å²) in [5.74, 6) is -0.497. The molecule has 0 amide bonds. The van der Waals surface area contributed by atoms with Crippen LogP contribution in [0.1, 0.15) is 22.3 Å². The number of hydrogen-bond donors (Lipinski definition) is 0. The molecular formula is C14H12BFN2O2. The van der Waals surface area contributed by atoms with Crippen molar-refractivity contribution >= 4 is 25.1 Å². The van der Waals surface area contributed by atoms with Crippen LogP contribution in [0.2, 0.25) is 0 Å². The molecule has 20 heavy (non-hydrogen) atoms. The molecular weight excluding hydrogens is 258 g/mol. The van der Waals surface area contributed by atoms with E-state index in [-0.39, 0.29) is 5.56 Å². The summed E-state index contributed by atoms with van der Waals surface area (Å²) in [6.45, 7) is 1.42. The molecule has 0 bridgehead atoms. The van der Waals surface area contributed by atoms with Crippen LogP contribution in [0, 0.1) is 17.3 Å². The predicted molar refractivity (Wildman–Crippen MR) is 74.5 cm³/mol. The van der Waals surface area contributed by atoms with Crippen molar-refractivity contribution in [3.63, 3.8) is 0 Å². The molecule has 0 radical (unpaired) electrons. The Hall–Kier alpha value is -2.42. The Labute approximate surface area is 117 Å². The summed E-state index contributed by atoms with van der Waals surface area (Å²) in [6.07, 6.45) is 6.53. The van der Waals surface area contributed by atoms with Crippen molar-refractivity contribution < 1.29 is 13.8 Å². The number of benzene rings is 1. The van der Waals surface area contributed by atoms with E-state index in [0.717, 1.165) is 24.1 Å². The third kappa shape index (κ3) is 3.32. The van der Waals surface area contributed by atoms with Gasteiger partial charge in [0.2, 0.25) is 0 Å². The summed E-state index contributed by atoms with van der Waals surface area (Å²) in [6, 6.07) is 4.63. The van der Waals surface area contributed by atoms with E-state index < -0.39 is 5.82 Å². The first-order valence-electron chi connectivity index (χ1n) is 6.14. The van der Waals surface area contributed by atoms with Gasteiger partial charge in [-0.2, -0.15) is 0 Å². The fraction of sp³-hybridized carbons (Fsp3) is 0.214. The summed E-state index contributed by atoms with van der Waals surface area (Å²) >= 11 is 0. The van der Waals surface area contributed by atoms with Crippen LogP contribution < -0.4 is 0 Å². The van der Waals surface area contributed by atoms with Gasteiger partial charge in [0.05, 0.1) is 0 Å². The molecule has 1 aliphatic heterocycles. The second kappa shape index (κ2) is 6.66. The van der Waals surface area contributed by atoms with Gasteiger partial charge >= 0.3 is 116 Å². The number of hydrogen-bond acceptors (Lipinski definition) is 4. The van der Waals surface area contributed by atoms with Gasteiger partial charge in [-0.3, -0.25) is 0 Å². The molecule has 0 fully saturated rings. The van der Waals surface area contributed by atoms with E-state index in [4.69, 9.17) is 5.26 Å². The molecule has 0 N–H and O–H groups in total. The molecule has 100 valence electrons. The fourth-order valence-corrected chi connectivity index (χ4v) is 2.05. The molecule has 4 nitrogen and oxygen atoms in total. The van der Waals surface area contributed by atoms with Crippen molar-refractivity contribution in [1.29, 1.82) is 5.26 Å². The quantitative estimate of drug-likeness (QED) is 0.473. The average molecular weight is 270 g/mol. The molecule has 0 aliphatic carbocycles. The molecule has 1 aromatic carbocycles. The zero-order chi connectivity index (χ0) is 14.4. The van der Waals surface area contributed by atoms with Crippen molar-refractivity contribution in [2.45, 2.75) is 6.42 Å². The molecule has 1 heterocycles. The number of rotatable bonds is 4. The summed E-state index contributed by atoms with van der Waals surface area (Å²) in [5, 5.41) is 8.24. The van der Waals surface area contributed by atoms with Crippen LogP contribution in [0.15, 0.2) is 24.3 Å². The summed E-state index contributed by atoms with van der Waals surface area (Å²) < 4.78 is 18.0. The Balaban J connectivity index is 2.07. The number of aldehydes is 1. The minimum absolute atomic E-state index is 0.0726. The zero-order valence-electron chi connectivity index (χ0n) is 10.8. The van der Waals surface area contributed by atoms with Crippen molar-refractivity contribution in [2.75, 3.05) is 13.1 Å². The molecule has 0 atom stereocenters. The monoisotopic (exact) mass is 270 g/mol. The van der Waals surface area contributed by atoms with Gasteiger partial charge in [-0.15, -0.1) is 0 Å². The second-order valence-corrected chi connectivity index (χ2v) is 4.32. The topological polar surface area (TPSA) is 53.3 Å². The summed E-state index contributed by atoms with van der Waals surface area (Å²) in [7, 11) is 1.33. The molecule has 2 rings (SSSR count). The SMILES string of the molecule is N#COB=CN1CC=C(c2ccc(C=O)c(F)c2)CC1. The van der Waals surface area contributed by atoms with Crippen LogP contribution in [0.25, 0.3) is 5.57 Å². The Morgan fingerprint density at radius 1 is 1.50 bits per heavy atom. The minimum atomic E-state index is -0.497. The molecule has 0 aromatic heterocycles. The van der Waals surface area contributed by atoms with E-state index in [1.54, 1.807) is 18.4 Å². The average Bonchev–Trinajstić information content (AvgIpc) is 2.48. The molecule has 0 saturated heterocycles. The Morgan fingerprint density at radius 3 is 2.95 bits per heavy atom. The van der Waals surface area contributed by atoms with Crippen molar-refractivity contribution in [1.82, 2.24) is 4.90 Å². The van der Waals surface area contributed by atoms with Crippen LogP contribution >= 0.6 is 0 Å². The Bertz CT molecular complexity index is 608. The third-order valence-electron chi connectivity index (χ3n) is 3.13. The van der Waals surface area contributed by atoms with Crippen LogP contribution in [0.4, 0.5) is 4.39 Å². The number of halogens is 1. The third-order valence-corrected chi connectivity index (χ3v) is 3.13. The van der Waals surface area contributed by atoms with E-state index in [9.17, 15) is 9.18 Å². The molecule has 0 unspecified atom stereocenters. The van der Waals surface area contributed by atoms with E-state index in [1.807, 2.05) is 11.0 Å². The maximum absolute atomic E-state index is 13.6. The number of nitrogens with zero attached hydrogens (tertiary/aromatic N) is 2. The van der Waals surface area contributed by atoms with Gasteiger partial charge in [0.25, 0.3) is 0 Å². The van der Waals surface area contributed by atoms with E-state index in [0.29, 0.717) is 12.8 Å². The number of carbonyl (C=O) groups excluding carboxylic acids is 1. The van der Waals surface area contributed by atoms with Crippen LogP contribution in [0.5, 0.6) is 0 Å². The summed E-state index contributed by atoms with van der Waals surface area (Å²) in [4.78, 5) is 12.6. The predicted octanol–water partition coefficient (Wildman–Crippen LogP) is 1.60. The molecule has 1 aliphatic rings. The first kappa shape index (κ1) is 14.0. The fourth-order valence-electron chi connectivity index (χ4n) is 2.05. The van der Waals surface area contributed by atoms with Crippen molar-refractivity contribution in [2.24, 2.45) is 0 Å². The number of carbonyl (C=O) groups is 1. The first-order chi connectivity index (χ1) is 9.74. The molecule has 0 saturated carbocycles. The zero-order valence-corrected chi connectivity index (χ0v) is 10.8. The van der Waals surface area contributed by atoms with Gasteiger partial charge < -0.3 is 0 Å². The van der Waals surface area contributed by atoms with Crippen LogP contribution in [-0.2, 0) is 4.65 Å². The van der Waals surface area contributed by atoms with Crippen molar-refractivity contribution in [3.05, 3.63) is 41.2 Å². The van der Waals surface area contributed by atoms with Gasteiger partial charge in [-0.25, -0.2) is 0 Å². The van der Waals surface area contributed by atoms with Crippen molar-refractivity contribution in [3.8, 4) is 6.26 Å². The first-order valence-corrected chi connectivity index (χ1v) is 6.14. The standard InChI is InChI=1S/C14H12BFN2O2/c16-14-7-12(1-2-13(14)8-19)11-3-5-18(6-4-11)9-15-20-10-17/h1-3,7-9H,4-6H2. The molecule has 0 spiro atoms. The van der Waals surface area contributed by atoms with E-state index in [1.165, 1.54) is 19.3 Å². The maximum atomic E-state index is 13.6. The molecule has 1 aromatic rings. The van der Waals surface area contributed by atoms with Gasteiger partial charge in [-0.1, -0.05) is 0 Å². The molecule has 6 heteroatoms. The Morgan fingerprint density at radius 2 is 2.35 bits per heavy atom. The van der Waals surface area contributed by atoms with Gasteiger partial charge in [0, 0.05) is 0 Å². The van der Waals surface area contributed by atoms with Gasteiger partial charge in [0.15, 0.2) is 0 Å². The normalized spacial score (nSPS) is 14.4. The Kier molecular flexibility index (Phi) is 4.67. The number of nitriles is 1. The van der Waals surface area contributed by atoms with E-state index in [2.05, 4.69) is 4.65 Å². The van der Waals surface area contributed by atoms with Gasteiger partial charge in [0.1, 0.15) is 0 Å². The van der Waals surface area contributed by atoms with Crippen LogP contribution in [0.3, 0.4) is 0 Å². The van der Waals surface area contributed by atoms with Gasteiger partial charge in [-0.05, 0) is 0 Å². The second-order valence-electron chi connectivity index (χ2n) is 4.32. The van der Waals surface area contributed by atoms with Crippen LogP contribution in [-0.4, -0.2) is 37.5 Å². The van der Waals surface area contributed by atoms with E-state index >= 15 is 0 Å².